The smallest absolute Gasteiger partial charge is 0.277 e. The van der Waals surface area contributed by atoms with Crippen molar-refractivity contribution >= 4 is 28.4 Å². The Balaban J connectivity index is 1.69. The number of fused-ring (bicyclic) bond motifs is 1. The third-order valence-corrected chi connectivity index (χ3v) is 4.94. The van der Waals surface area contributed by atoms with Crippen LogP contribution < -0.4 is 20.5 Å². The zero-order valence-corrected chi connectivity index (χ0v) is 17.7. The fraction of sp³-hybridized carbons (Fsp3) is 0.455. The molecule has 3 heterocycles. The maximum absolute atomic E-state index is 12.5. The minimum absolute atomic E-state index is 0.264. The number of nitrogens with zero attached hydrogens (tertiary/aromatic N) is 4. The van der Waals surface area contributed by atoms with E-state index in [1.165, 1.54) is 12.8 Å². The van der Waals surface area contributed by atoms with E-state index < -0.39 is 0 Å². The Kier molecular flexibility index (Phi) is 5.57. The van der Waals surface area contributed by atoms with Gasteiger partial charge in [0.1, 0.15) is 28.1 Å². The largest absolute Gasteiger partial charge is 0.488 e. The van der Waals surface area contributed by atoms with Crippen LogP contribution >= 0.6 is 0 Å². The maximum Gasteiger partial charge on any atom is 0.277 e. The van der Waals surface area contributed by atoms with Crippen molar-refractivity contribution in [3.8, 4) is 5.75 Å². The Bertz CT molecular complexity index is 1060. The predicted molar refractivity (Wildman–Crippen MR) is 119 cm³/mol. The highest BCUT2D eigenvalue weighted by molar-refractivity contribution is 5.90. The number of rotatable bonds is 4. The van der Waals surface area contributed by atoms with Gasteiger partial charge in [0.15, 0.2) is 0 Å². The second kappa shape index (κ2) is 8.30. The molecule has 8 nitrogen and oxygen atoms in total. The molecule has 0 saturated carbocycles. The monoisotopic (exact) mass is 408 g/mol. The van der Waals surface area contributed by atoms with Gasteiger partial charge in [0.05, 0.1) is 6.20 Å². The number of H-pyrrole nitrogens is 1. The molecular formula is C22H28N6O2. The average Bonchev–Trinajstić information content (AvgIpc) is 2.98. The van der Waals surface area contributed by atoms with Gasteiger partial charge in [0.25, 0.3) is 5.56 Å². The van der Waals surface area contributed by atoms with Crippen molar-refractivity contribution in [3.05, 3.63) is 40.8 Å². The predicted octanol–water partition coefficient (Wildman–Crippen LogP) is 4.01. The highest BCUT2D eigenvalue weighted by Gasteiger charge is 2.18. The second-order valence-corrected chi connectivity index (χ2v) is 8.60. The summed E-state index contributed by atoms with van der Waals surface area (Å²) in [6.45, 7) is 7.87. The van der Waals surface area contributed by atoms with E-state index >= 15 is 0 Å². The van der Waals surface area contributed by atoms with Crippen molar-refractivity contribution < 1.29 is 4.74 Å². The molecule has 1 fully saturated rings. The zero-order valence-electron chi connectivity index (χ0n) is 17.7. The highest BCUT2D eigenvalue weighted by Crippen LogP contribution is 2.27. The van der Waals surface area contributed by atoms with Crippen LogP contribution in [-0.2, 0) is 0 Å². The van der Waals surface area contributed by atoms with E-state index in [2.05, 4.69) is 25.4 Å². The number of nitrogens with one attached hydrogen (secondary N) is 2. The molecular weight excluding hydrogens is 380 g/mol. The normalized spacial score (nSPS) is 15.1. The van der Waals surface area contributed by atoms with Gasteiger partial charge < -0.3 is 15.0 Å². The first-order valence-electron chi connectivity index (χ1n) is 10.5. The average molecular weight is 409 g/mol. The van der Waals surface area contributed by atoms with Gasteiger partial charge in [-0.15, -0.1) is 0 Å². The van der Waals surface area contributed by atoms with Crippen LogP contribution in [0.15, 0.2) is 35.3 Å². The van der Waals surface area contributed by atoms with Gasteiger partial charge in [-0.1, -0.05) is 12.8 Å². The number of anilines is 3. The molecule has 2 N–H and O–H groups in total. The molecule has 1 aromatic carbocycles. The summed E-state index contributed by atoms with van der Waals surface area (Å²) in [6.07, 6.45) is 6.25. The molecule has 0 amide bonds. The standard InChI is InChI=1S/C22H28N6O2/c1-22(2,3)30-16-10-8-15(9-11-16)24-19-18-17(14-23-27-20(18)29)25-21(26-19)28-12-6-4-5-7-13-28/h8-11,14H,4-7,12-13H2,1-3H3,(H,27,29)(H,24,25,26). The topological polar surface area (TPSA) is 96.0 Å². The maximum atomic E-state index is 12.5. The number of ether oxygens (including phenoxy) is 1. The van der Waals surface area contributed by atoms with Gasteiger partial charge in [0, 0.05) is 18.8 Å². The third kappa shape index (κ3) is 4.69. The van der Waals surface area contributed by atoms with E-state index in [4.69, 9.17) is 9.72 Å². The van der Waals surface area contributed by atoms with Gasteiger partial charge in [-0.05, 0) is 57.9 Å². The van der Waals surface area contributed by atoms with E-state index in [-0.39, 0.29) is 11.2 Å². The molecule has 1 aliphatic heterocycles. The molecule has 1 saturated heterocycles. The lowest BCUT2D eigenvalue weighted by atomic mass is 10.2. The lowest BCUT2D eigenvalue weighted by Crippen LogP contribution is -2.26. The fourth-order valence-electron chi connectivity index (χ4n) is 3.59. The Morgan fingerprint density at radius 1 is 1.03 bits per heavy atom. The number of aromatic nitrogens is 4. The van der Waals surface area contributed by atoms with Gasteiger partial charge in [-0.25, -0.2) is 10.1 Å². The first kappa shape index (κ1) is 20.1. The number of hydrogen-bond acceptors (Lipinski definition) is 7. The lowest BCUT2D eigenvalue weighted by Gasteiger charge is -2.22. The molecule has 3 aromatic rings. The van der Waals surface area contributed by atoms with E-state index in [0.717, 1.165) is 37.4 Å². The minimum Gasteiger partial charge on any atom is -0.488 e. The highest BCUT2D eigenvalue weighted by atomic mass is 16.5. The molecule has 1 aliphatic rings. The zero-order chi connectivity index (χ0) is 21.1. The lowest BCUT2D eigenvalue weighted by molar-refractivity contribution is 0.131. The Hall–Kier alpha value is -3.16. The van der Waals surface area contributed by atoms with Crippen molar-refractivity contribution in [3.63, 3.8) is 0 Å². The summed E-state index contributed by atoms with van der Waals surface area (Å²) in [5, 5.41) is 10.1. The summed E-state index contributed by atoms with van der Waals surface area (Å²) in [5.74, 6) is 1.90. The molecule has 30 heavy (non-hydrogen) atoms. The van der Waals surface area contributed by atoms with Crippen LogP contribution in [0.5, 0.6) is 5.75 Å². The molecule has 0 spiro atoms. The van der Waals surface area contributed by atoms with Crippen LogP contribution in [0.3, 0.4) is 0 Å². The summed E-state index contributed by atoms with van der Waals surface area (Å²) in [5.41, 5.74) is 0.766. The minimum atomic E-state index is -0.315. The summed E-state index contributed by atoms with van der Waals surface area (Å²) in [4.78, 5) is 24.0. The summed E-state index contributed by atoms with van der Waals surface area (Å²) >= 11 is 0. The van der Waals surface area contributed by atoms with Gasteiger partial charge in [-0.2, -0.15) is 10.1 Å². The first-order valence-corrected chi connectivity index (χ1v) is 10.5. The van der Waals surface area contributed by atoms with Crippen LogP contribution in [-0.4, -0.2) is 38.9 Å². The molecule has 0 aliphatic carbocycles. The van der Waals surface area contributed by atoms with Crippen molar-refractivity contribution in [1.82, 2.24) is 20.2 Å². The Labute approximate surface area is 175 Å². The molecule has 0 radical (unpaired) electrons. The van der Waals surface area contributed by atoms with Crippen LogP contribution in [0.1, 0.15) is 46.5 Å². The Morgan fingerprint density at radius 3 is 2.40 bits per heavy atom. The number of benzene rings is 1. The van der Waals surface area contributed by atoms with Crippen molar-refractivity contribution in [2.45, 2.75) is 52.1 Å². The summed E-state index contributed by atoms with van der Waals surface area (Å²) < 4.78 is 5.88. The Morgan fingerprint density at radius 2 is 1.73 bits per heavy atom. The van der Waals surface area contributed by atoms with E-state index in [0.29, 0.717) is 22.7 Å². The molecule has 4 rings (SSSR count). The second-order valence-electron chi connectivity index (χ2n) is 8.60. The van der Waals surface area contributed by atoms with Crippen molar-refractivity contribution in [2.75, 3.05) is 23.3 Å². The van der Waals surface area contributed by atoms with E-state index in [9.17, 15) is 4.79 Å². The molecule has 8 heteroatoms. The SMILES string of the molecule is CC(C)(C)Oc1ccc(Nc2nc(N3CCCCCC3)nc3cn[nH]c(=O)c23)cc1. The number of aromatic amines is 1. The van der Waals surface area contributed by atoms with E-state index in [1.807, 2.05) is 45.0 Å². The van der Waals surface area contributed by atoms with Crippen LogP contribution in [0.4, 0.5) is 17.5 Å². The van der Waals surface area contributed by atoms with Gasteiger partial charge in [0.2, 0.25) is 5.95 Å². The quantitative estimate of drug-likeness (QED) is 0.673. The number of hydrogen-bond donors (Lipinski definition) is 2. The molecule has 158 valence electrons. The molecule has 0 bridgehead atoms. The van der Waals surface area contributed by atoms with Crippen LogP contribution in [0.25, 0.3) is 10.9 Å². The fourth-order valence-corrected chi connectivity index (χ4v) is 3.59. The van der Waals surface area contributed by atoms with Crippen LogP contribution in [0, 0.1) is 0 Å². The van der Waals surface area contributed by atoms with Crippen molar-refractivity contribution in [2.24, 2.45) is 0 Å². The summed E-state index contributed by atoms with van der Waals surface area (Å²) in [7, 11) is 0. The van der Waals surface area contributed by atoms with Gasteiger partial charge >= 0.3 is 0 Å². The summed E-state index contributed by atoms with van der Waals surface area (Å²) in [6, 6.07) is 7.63. The third-order valence-electron chi connectivity index (χ3n) is 4.94. The van der Waals surface area contributed by atoms with Crippen LogP contribution in [0.2, 0.25) is 0 Å². The van der Waals surface area contributed by atoms with Gasteiger partial charge in [-0.3, -0.25) is 4.79 Å². The van der Waals surface area contributed by atoms with Crippen molar-refractivity contribution in [1.29, 1.82) is 0 Å². The molecule has 2 aromatic heterocycles. The molecule has 0 unspecified atom stereocenters. The first-order chi connectivity index (χ1) is 14.4. The van der Waals surface area contributed by atoms with E-state index in [1.54, 1.807) is 6.20 Å². The molecule has 0 atom stereocenters.